The first-order valence-electron chi connectivity index (χ1n) is 6.78. The van der Waals surface area contributed by atoms with E-state index in [4.69, 9.17) is 4.74 Å². The second-order valence-electron chi connectivity index (χ2n) is 4.46. The van der Waals surface area contributed by atoms with Gasteiger partial charge >= 0.3 is 0 Å². The van der Waals surface area contributed by atoms with Crippen LogP contribution in [-0.2, 0) is 5.75 Å². The molecule has 0 aliphatic heterocycles. The van der Waals surface area contributed by atoms with Gasteiger partial charge in [0.1, 0.15) is 11.9 Å². The molecule has 0 fully saturated rings. The molecule has 1 aromatic carbocycles. The Morgan fingerprint density at radius 1 is 1.29 bits per heavy atom. The van der Waals surface area contributed by atoms with E-state index in [1.165, 1.54) is 11.3 Å². The molecule has 110 valence electrons. The van der Waals surface area contributed by atoms with E-state index in [1.807, 2.05) is 53.5 Å². The van der Waals surface area contributed by atoms with E-state index < -0.39 is 0 Å². The molecular weight excluding hydrogens is 304 g/mol. The van der Waals surface area contributed by atoms with Crippen LogP contribution in [0.1, 0.15) is 30.8 Å². The normalized spacial score (nSPS) is 12.7. The predicted molar refractivity (Wildman–Crippen MR) is 86.0 cm³/mol. The van der Waals surface area contributed by atoms with E-state index >= 15 is 0 Å². The van der Waals surface area contributed by atoms with Gasteiger partial charge in [-0.15, -0.1) is 10.2 Å². The van der Waals surface area contributed by atoms with Crippen LogP contribution in [0.2, 0.25) is 0 Å². The average molecular weight is 320 g/mol. The first-order chi connectivity index (χ1) is 10.3. The summed E-state index contributed by atoms with van der Waals surface area (Å²) in [5.74, 6) is 3.62. The van der Waals surface area contributed by atoms with Crippen LogP contribution >= 0.6 is 23.1 Å². The van der Waals surface area contributed by atoms with Crippen LogP contribution in [0, 0.1) is 0 Å². The molecular formula is C14H16N4OS2. The van der Waals surface area contributed by atoms with E-state index in [-0.39, 0.29) is 6.10 Å². The van der Waals surface area contributed by atoms with Crippen molar-refractivity contribution in [3.8, 4) is 5.75 Å². The molecule has 3 aromatic rings. The van der Waals surface area contributed by atoms with Gasteiger partial charge in [0.15, 0.2) is 10.8 Å². The zero-order chi connectivity index (χ0) is 14.7. The molecule has 21 heavy (non-hydrogen) atoms. The van der Waals surface area contributed by atoms with Gasteiger partial charge in [-0.1, -0.05) is 36.5 Å². The van der Waals surface area contributed by atoms with Gasteiger partial charge in [0, 0.05) is 0 Å². The van der Waals surface area contributed by atoms with E-state index in [9.17, 15) is 0 Å². The third kappa shape index (κ3) is 3.19. The lowest BCUT2D eigenvalue weighted by Crippen LogP contribution is -2.04. The fourth-order valence-electron chi connectivity index (χ4n) is 1.87. The maximum Gasteiger partial charge on any atom is 0.234 e. The Balaban J connectivity index is 1.79. The van der Waals surface area contributed by atoms with Crippen LogP contribution < -0.4 is 4.74 Å². The number of fused-ring (bicyclic) bond motifs is 1. The molecule has 0 aliphatic rings. The zero-order valence-electron chi connectivity index (χ0n) is 11.9. The smallest absolute Gasteiger partial charge is 0.234 e. The number of hydrogen-bond donors (Lipinski definition) is 0. The van der Waals surface area contributed by atoms with Gasteiger partial charge in [0.2, 0.25) is 4.96 Å². The lowest BCUT2D eigenvalue weighted by Gasteiger charge is -2.11. The van der Waals surface area contributed by atoms with Gasteiger partial charge in [0.25, 0.3) is 0 Å². The van der Waals surface area contributed by atoms with Crippen molar-refractivity contribution < 1.29 is 4.74 Å². The minimum absolute atomic E-state index is 0.106. The third-order valence-corrected chi connectivity index (χ3v) is 4.84. The van der Waals surface area contributed by atoms with Crippen molar-refractivity contribution in [2.75, 3.05) is 5.75 Å². The summed E-state index contributed by atoms with van der Waals surface area (Å²) < 4.78 is 7.73. The monoisotopic (exact) mass is 320 g/mol. The molecule has 1 unspecified atom stereocenters. The number of hydrogen-bond acceptors (Lipinski definition) is 6. The molecule has 0 saturated heterocycles. The Kier molecular flexibility index (Phi) is 4.40. The van der Waals surface area contributed by atoms with Crippen molar-refractivity contribution in [2.24, 2.45) is 0 Å². The number of thioether (sulfide) groups is 1. The van der Waals surface area contributed by atoms with Gasteiger partial charge in [-0.2, -0.15) is 21.4 Å². The molecule has 0 saturated carbocycles. The molecule has 5 nitrogen and oxygen atoms in total. The topological polar surface area (TPSA) is 52.3 Å². The van der Waals surface area contributed by atoms with Crippen molar-refractivity contribution in [3.63, 3.8) is 0 Å². The fourth-order valence-corrected chi connectivity index (χ4v) is 3.28. The Bertz CT molecular complexity index is 710. The summed E-state index contributed by atoms with van der Waals surface area (Å²) in [4.78, 5) is 0.820. The van der Waals surface area contributed by atoms with Crippen molar-refractivity contribution in [3.05, 3.63) is 41.2 Å². The first kappa shape index (κ1) is 14.3. The minimum Gasteiger partial charge on any atom is -0.483 e. The van der Waals surface area contributed by atoms with Crippen LogP contribution in [0.15, 0.2) is 30.3 Å². The maximum atomic E-state index is 5.90. The molecule has 0 N–H and O–H groups in total. The van der Waals surface area contributed by atoms with E-state index in [2.05, 4.69) is 22.2 Å². The van der Waals surface area contributed by atoms with Gasteiger partial charge in [-0.05, 0) is 24.8 Å². The van der Waals surface area contributed by atoms with Crippen molar-refractivity contribution >= 4 is 28.1 Å². The number of para-hydroxylation sites is 1. The Labute approximate surface area is 131 Å². The molecule has 3 rings (SSSR count). The van der Waals surface area contributed by atoms with Gasteiger partial charge in [-0.25, -0.2) is 0 Å². The number of nitrogens with zero attached hydrogens (tertiary/aromatic N) is 4. The summed E-state index contributed by atoms with van der Waals surface area (Å²) in [5.41, 5.74) is 0. The molecule has 0 spiro atoms. The molecule has 0 amide bonds. The average Bonchev–Trinajstić information content (AvgIpc) is 3.07. The van der Waals surface area contributed by atoms with Crippen LogP contribution in [0.3, 0.4) is 0 Å². The third-order valence-electron chi connectivity index (χ3n) is 2.91. The van der Waals surface area contributed by atoms with E-state index in [0.29, 0.717) is 0 Å². The van der Waals surface area contributed by atoms with Crippen LogP contribution in [-0.4, -0.2) is 25.6 Å². The van der Waals surface area contributed by atoms with Crippen molar-refractivity contribution in [1.29, 1.82) is 0 Å². The van der Waals surface area contributed by atoms with Crippen LogP contribution in [0.4, 0.5) is 0 Å². The molecule has 0 aliphatic carbocycles. The summed E-state index contributed by atoms with van der Waals surface area (Å²) in [6.07, 6.45) is -0.106. The minimum atomic E-state index is -0.106. The molecule has 0 radical (unpaired) electrons. The standard InChI is InChI=1S/C14H16N4OS2/c1-3-20-9-12-15-16-14-18(12)17-13(21-14)10(2)19-11-7-5-4-6-8-11/h4-8,10H,3,9H2,1-2H3. The van der Waals surface area contributed by atoms with Gasteiger partial charge < -0.3 is 4.74 Å². The summed E-state index contributed by atoms with van der Waals surface area (Å²) in [6.45, 7) is 4.13. The summed E-state index contributed by atoms with van der Waals surface area (Å²) >= 11 is 3.33. The highest BCUT2D eigenvalue weighted by Gasteiger charge is 2.17. The van der Waals surface area contributed by atoms with E-state index in [0.717, 1.165) is 33.0 Å². The number of rotatable bonds is 6. The zero-order valence-corrected chi connectivity index (χ0v) is 13.5. The van der Waals surface area contributed by atoms with Gasteiger partial charge in [-0.3, -0.25) is 0 Å². The largest absolute Gasteiger partial charge is 0.483 e. The lowest BCUT2D eigenvalue weighted by atomic mass is 10.3. The van der Waals surface area contributed by atoms with Crippen LogP contribution in [0.5, 0.6) is 5.75 Å². The molecule has 0 bridgehead atoms. The highest BCUT2D eigenvalue weighted by atomic mass is 32.2. The molecule has 2 aromatic heterocycles. The summed E-state index contributed by atoms with van der Waals surface area (Å²) in [6, 6.07) is 9.78. The SMILES string of the molecule is CCSCc1nnc2sc(C(C)Oc3ccccc3)nn12. The van der Waals surface area contributed by atoms with Crippen LogP contribution in [0.25, 0.3) is 4.96 Å². The number of aromatic nitrogens is 4. The summed E-state index contributed by atoms with van der Waals surface area (Å²) in [5, 5.41) is 13.9. The number of benzene rings is 1. The number of ether oxygens (including phenoxy) is 1. The van der Waals surface area contributed by atoms with Crippen molar-refractivity contribution in [1.82, 2.24) is 19.8 Å². The second kappa shape index (κ2) is 6.44. The lowest BCUT2D eigenvalue weighted by molar-refractivity contribution is 0.225. The highest BCUT2D eigenvalue weighted by Crippen LogP contribution is 2.26. The second-order valence-corrected chi connectivity index (χ2v) is 6.72. The predicted octanol–water partition coefficient (Wildman–Crippen LogP) is 3.58. The maximum absolute atomic E-state index is 5.90. The van der Waals surface area contributed by atoms with Gasteiger partial charge in [0.05, 0.1) is 5.75 Å². The van der Waals surface area contributed by atoms with Crippen molar-refractivity contribution in [2.45, 2.75) is 25.7 Å². The highest BCUT2D eigenvalue weighted by molar-refractivity contribution is 7.98. The molecule has 1 atom stereocenters. The summed E-state index contributed by atoms with van der Waals surface area (Å²) in [7, 11) is 0. The fraction of sp³-hybridized carbons (Fsp3) is 0.357. The first-order valence-corrected chi connectivity index (χ1v) is 8.75. The molecule has 2 heterocycles. The Morgan fingerprint density at radius 2 is 2.10 bits per heavy atom. The molecule has 7 heteroatoms. The quantitative estimate of drug-likeness (QED) is 0.695. The Hall–Kier alpha value is -1.60. The Morgan fingerprint density at radius 3 is 2.86 bits per heavy atom. The van der Waals surface area contributed by atoms with E-state index in [1.54, 1.807) is 0 Å².